The van der Waals surface area contributed by atoms with Crippen molar-refractivity contribution < 1.29 is 0 Å². The molecule has 0 unspecified atom stereocenters. The molecule has 8 aromatic carbocycles. The van der Waals surface area contributed by atoms with Crippen LogP contribution in [0.1, 0.15) is 22.3 Å². The lowest BCUT2D eigenvalue weighted by atomic mass is 9.66. The summed E-state index contributed by atoms with van der Waals surface area (Å²) in [5.41, 5.74) is 14.0. The molecule has 11 rings (SSSR count). The predicted molar refractivity (Wildman–Crippen MR) is 234 cm³/mol. The Bertz CT molecular complexity index is 3040. The molecule has 0 aliphatic heterocycles. The van der Waals surface area contributed by atoms with Crippen molar-refractivity contribution in [3.05, 3.63) is 229 Å². The maximum atomic E-state index is 5.61. The summed E-state index contributed by atoms with van der Waals surface area (Å²) in [5.74, 6) is 0.708. The molecule has 2 heterocycles. The smallest absolute Gasteiger partial charge is 0.160 e. The Morgan fingerprint density at radius 3 is 1.64 bits per heavy atom. The molecule has 0 amide bonds. The lowest BCUT2D eigenvalue weighted by molar-refractivity contribution is 0.769. The van der Waals surface area contributed by atoms with Crippen molar-refractivity contribution in [3.63, 3.8) is 0 Å². The standard InChI is InChI=1S/C53H34N2S/c1-4-18-35(19-5-1)38-24-10-11-26-40(38)47-34-48(44-30-17-29-43-41-27-13-15-33-49(41)56-51(43)44)55-52(54-47)45-31-16-28-42-39-25-12-14-32-46(39)53(50(42)45,36-20-6-2-7-21-36)37-22-8-3-9-23-37/h1-34H. The Hall–Kier alpha value is -6.94. The molecule has 0 fully saturated rings. The first-order valence-electron chi connectivity index (χ1n) is 19.1. The number of thiophene rings is 1. The zero-order valence-electron chi connectivity index (χ0n) is 30.4. The SMILES string of the molecule is c1ccc(-c2ccccc2-c2cc(-c3cccc4c3sc3ccccc34)nc(-c3cccc4c3C(c3ccccc3)(c3ccccc3)c3ccccc3-4)n2)cc1. The van der Waals surface area contributed by atoms with Crippen molar-refractivity contribution in [1.29, 1.82) is 0 Å². The van der Waals surface area contributed by atoms with E-state index >= 15 is 0 Å². The van der Waals surface area contributed by atoms with Gasteiger partial charge in [0.05, 0.1) is 16.8 Å². The van der Waals surface area contributed by atoms with Crippen LogP contribution in [0.15, 0.2) is 206 Å². The number of benzene rings is 8. The third kappa shape index (κ3) is 4.95. The van der Waals surface area contributed by atoms with Crippen LogP contribution in [0.3, 0.4) is 0 Å². The molecule has 10 aromatic rings. The summed E-state index contributed by atoms with van der Waals surface area (Å²) in [6.07, 6.45) is 0. The zero-order valence-corrected chi connectivity index (χ0v) is 31.2. The van der Waals surface area contributed by atoms with Crippen LogP contribution in [-0.4, -0.2) is 9.97 Å². The van der Waals surface area contributed by atoms with Gasteiger partial charge in [0, 0.05) is 36.9 Å². The van der Waals surface area contributed by atoms with Gasteiger partial charge in [-0.15, -0.1) is 11.3 Å². The summed E-state index contributed by atoms with van der Waals surface area (Å²) >= 11 is 1.83. The van der Waals surface area contributed by atoms with Gasteiger partial charge in [0.25, 0.3) is 0 Å². The number of nitrogens with zero attached hydrogens (tertiary/aromatic N) is 2. The molecule has 2 aromatic heterocycles. The van der Waals surface area contributed by atoms with E-state index in [2.05, 4.69) is 206 Å². The van der Waals surface area contributed by atoms with Crippen LogP contribution in [0.2, 0.25) is 0 Å². The predicted octanol–water partition coefficient (Wildman–Crippen LogP) is 13.9. The molecule has 1 aliphatic carbocycles. The van der Waals surface area contributed by atoms with E-state index in [4.69, 9.17) is 9.97 Å². The number of hydrogen-bond acceptors (Lipinski definition) is 3. The maximum Gasteiger partial charge on any atom is 0.160 e. The van der Waals surface area contributed by atoms with Crippen molar-refractivity contribution in [2.75, 3.05) is 0 Å². The summed E-state index contributed by atoms with van der Waals surface area (Å²) in [6, 6.07) is 74.3. The summed E-state index contributed by atoms with van der Waals surface area (Å²) in [4.78, 5) is 11.2. The number of rotatable bonds is 6. The molecule has 2 nitrogen and oxygen atoms in total. The van der Waals surface area contributed by atoms with Crippen molar-refractivity contribution in [2.24, 2.45) is 0 Å². The fourth-order valence-electron chi connectivity index (χ4n) is 9.06. The quantitative estimate of drug-likeness (QED) is 0.170. The first kappa shape index (κ1) is 32.5. The van der Waals surface area contributed by atoms with Gasteiger partial charge in [0.2, 0.25) is 0 Å². The normalized spacial score (nSPS) is 12.8. The topological polar surface area (TPSA) is 25.8 Å². The third-order valence-corrected chi connectivity index (χ3v) is 12.6. The van der Waals surface area contributed by atoms with Crippen LogP contribution in [-0.2, 0) is 5.41 Å². The largest absolute Gasteiger partial charge is 0.228 e. The minimum atomic E-state index is -0.599. The van der Waals surface area contributed by atoms with Crippen molar-refractivity contribution >= 4 is 31.5 Å². The second kappa shape index (κ2) is 13.1. The van der Waals surface area contributed by atoms with Gasteiger partial charge in [-0.1, -0.05) is 194 Å². The molecular weight excluding hydrogens is 697 g/mol. The fraction of sp³-hybridized carbons (Fsp3) is 0.0189. The first-order valence-corrected chi connectivity index (χ1v) is 19.9. The van der Waals surface area contributed by atoms with E-state index in [1.165, 1.54) is 53.6 Å². The summed E-state index contributed by atoms with van der Waals surface area (Å²) < 4.78 is 2.50. The fourth-order valence-corrected chi connectivity index (χ4v) is 10.3. The Morgan fingerprint density at radius 1 is 0.375 bits per heavy atom. The van der Waals surface area contributed by atoms with E-state index in [0.717, 1.165) is 39.2 Å². The molecule has 0 saturated carbocycles. The van der Waals surface area contributed by atoms with Crippen molar-refractivity contribution in [1.82, 2.24) is 9.97 Å². The maximum absolute atomic E-state index is 5.61. The zero-order chi connectivity index (χ0) is 37.1. The van der Waals surface area contributed by atoms with E-state index in [1.54, 1.807) is 0 Å². The van der Waals surface area contributed by atoms with Gasteiger partial charge in [-0.05, 0) is 56.6 Å². The van der Waals surface area contributed by atoms with Gasteiger partial charge in [0.15, 0.2) is 5.82 Å². The van der Waals surface area contributed by atoms with Crippen LogP contribution in [0.25, 0.3) is 76.3 Å². The number of hydrogen-bond donors (Lipinski definition) is 0. The summed E-state index contributed by atoms with van der Waals surface area (Å²) in [6.45, 7) is 0. The molecule has 56 heavy (non-hydrogen) atoms. The summed E-state index contributed by atoms with van der Waals surface area (Å²) in [7, 11) is 0. The Morgan fingerprint density at radius 2 is 0.893 bits per heavy atom. The Kier molecular flexibility index (Phi) is 7.61. The van der Waals surface area contributed by atoms with E-state index in [1.807, 2.05) is 11.3 Å². The average Bonchev–Trinajstić information content (AvgIpc) is 3.81. The highest BCUT2D eigenvalue weighted by Gasteiger charge is 2.47. The summed E-state index contributed by atoms with van der Waals surface area (Å²) in [5, 5.41) is 2.52. The van der Waals surface area contributed by atoms with E-state index in [-0.39, 0.29) is 0 Å². The van der Waals surface area contributed by atoms with Crippen LogP contribution in [0, 0.1) is 0 Å². The van der Waals surface area contributed by atoms with Crippen molar-refractivity contribution in [3.8, 4) is 56.2 Å². The van der Waals surface area contributed by atoms with Crippen LogP contribution < -0.4 is 0 Å². The Balaban J connectivity index is 1.25. The molecule has 0 saturated heterocycles. The van der Waals surface area contributed by atoms with Gasteiger partial charge in [-0.2, -0.15) is 0 Å². The average molecular weight is 731 g/mol. The second-order valence-electron chi connectivity index (χ2n) is 14.4. The molecule has 0 N–H and O–H groups in total. The molecule has 0 bridgehead atoms. The molecule has 1 aliphatic rings. The lowest BCUT2D eigenvalue weighted by Gasteiger charge is -2.35. The van der Waals surface area contributed by atoms with Gasteiger partial charge in [-0.3, -0.25) is 0 Å². The molecule has 262 valence electrons. The van der Waals surface area contributed by atoms with Gasteiger partial charge in [-0.25, -0.2) is 9.97 Å². The highest BCUT2D eigenvalue weighted by atomic mass is 32.1. The van der Waals surface area contributed by atoms with E-state index in [0.29, 0.717) is 5.82 Å². The van der Waals surface area contributed by atoms with Gasteiger partial charge >= 0.3 is 0 Å². The highest BCUT2D eigenvalue weighted by Crippen LogP contribution is 2.58. The van der Waals surface area contributed by atoms with Crippen LogP contribution >= 0.6 is 11.3 Å². The van der Waals surface area contributed by atoms with Gasteiger partial charge in [0.1, 0.15) is 0 Å². The highest BCUT2D eigenvalue weighted by molar-refractivity contribution is 7.26. The molecule has 0 spiro atoms. The van der Waals surface area contributed by atoms with E-state index in [9.17, 15) is 0 Å². The van der Waals surface area contributed by atoms with E-state index < -0.39 is 5.41 Å². The van der Waals surface area contributed by atoms with Gasteiger partial charge < -0.3 is 0 Å². The lowest BCUT2D eigenvalue weighted by Crippen LogP contribution is -2.29. The number of fused-ring (bicyclic) bond motifs is 6. The second-order valence-corrected chi connectivity index (χ2v) is 15.5. The molecule has 0 radical (unpaired) electrons. The molecular formula is C53H34N2S. The minimum Gasteiger partial charge on any atom is -0.228 e. The molecule has 3 heteroatoms. The monoisotopic (exact) mass is 730 g/mol. The van der Waals surface area contributed by atoms with Crippen LogP contribution in [0.4, 0.5) is 0 Å². The minimum absolute atomic E-state index is 0.599. The first-order chi connectivity index (χ1) is 27.8. The Labute approximate surface area is 330 Å². The molecule has 0 atom stereocenters. The third-order valence-electron chi connectivity index (χ3n) is 11.4. The van der Waals surface area contributed by atoms with Crippen molar-refractivity contribution in [2.45, 2.75) is 5.41 Å². The van der Waals surface area contributed by atoms with Crippen LogP contribution in [0.5, 0.6) is 0 Å². The number of aromatic nitrogens is 2.